The first-order valence-electron chi connectivity index (χ1n) is 6.14. The molecular weight excluding hydrogens is 244 g/mol. The van der Waals surface area contributed by atoms with Gasteiger partial charge in [-0.15, -0.1) is 0 Å². The van der Waals surface area contributed by atoms with Crippen LogP contribution in [-0.2, 0) is 11.3 Å². The van der Waals surface area contributed by atoms with E-state index in [-0.39, 0.29) is 5.91 Å². The quantitative estimate of drug-likeness (QED) is 0.769. The van der Waals surface area contributed by atoms with Crippen LogP contribution in [0.3, 0.4) is 0 Å². The lowest BCUT2D eigenvalue weighted by atomic mass is 10.0. The monoisotopic (exact) mass is 258 g/mol. The molecule has 98 valence electrons. The average Bonchev–Trinajstić information content (AvgIpc) is 3.03. The number of hydrogen-bond acceptors (Lipinski definition) is 4. The lowest BCUT2D eigenvalue weighted by Crippen LogP contribution is -2.50. The fourth-order valence-corrected chi connectivity index (χ4v) is 2.10. The highest BCUT2D eigenvalue weighted by atomic mass is 16.3. The minimum absolute atomic E-state index is 0.0197. The zero-order valence-electron chi connectivity index (χ0n) is 10.3. The van der Waals surface area contributed by atoms with E-state index >= 15 is 0 Å². The average molecular weight is 258 g/mol. The highest BCUT2D eigenvalue weighted by Gasteiger charge is 2.29. The van der Waals surface area contributed by atoms with Gasteiger partial charge in [-0.25, -0.2) is 4.98 Å². The molecule has 6 nitrogen and oxygen atoms in total. The molecule has 0 aromatic carbocycles. The summed E-state index contributed by atoms with van der Waals surface area (Å²) in [6.45, 7) is 2.34. The van der Waals surface area contributed by atoms with Gasteiger partial charge in [0.1, 0.15) is 18.4 Å². The molecule has 19 heavy (non-hydrogen) atoms. The molecular formula is C13H14N4O2. The van der Waals surface area contributed by atoms with E-state index in [1.807, 2.05) is 6.07 Å². The Morgan fingerprint density at radius 1 is 1.53 bits per heavy atom. The van der Waals surface area contributed by atoms with Gasteiger partial charge < -0.3 is 9.32 Å². The van der Waals surface area contributed by atoms with Crippen molar-refractivity contribution in [3.63, 3.8) is 0 Å². The standard InChI is InChI=1S/C13H14N4O2/c18-13(4-3-12-2-1-5-19-12)16-6-11(7-16)8-17-10-14-9-15-17/h1-5,9-11H,6-8H2/b4-3+. The fraction of sp³-hybridized carbons (Fsp3) is 0.308. The Morgan fingerprint density at radius 2 is 2.42 bits per heavy atom. The van der Waals surface area contributed by atoms with Crippen LogP contribution < -0.4 is 0 Å². The highest BCUT2D eigenvalue weighted by Crippen LogP contribution is 2.17. The van der Waals surface area contributed by atoms with Crippen molar-refractivity contribution in [2.75, 3.05) is 13.1 Å². The number of hydrogen-bond donors (Lipinski definition) is 0. The van der Waals surface area contributed by atoms with Crippen LogP contribution in [-0.4, -0.2) is 38.7 Å². The predicted molar refractivity (Wildman–Crippen MR) is 67.8 cm³/mol. The van der Waals surface area contributed by atoms with Gasteiger partial charge in [0, 0.05) is 31.6 Å². The molecule has 1 amide bonds. The zero-order chi connectivity index (χ0) is 13.1. The van der Waals surface area contributed by atoms with Crippen molar-refractivity contribution < 1.29 is 9.21 Å². The topological polar surface area (TPSA) is 64.2 Å². The van der Waals surface area contributed by atoms with Gasteiger partial charge in [0.05, 0.1) is 6.26 Å². The maximum atomic E-state index is 11.8. The normalized spacial score (nSPS) is 15.9. The second-order valence-corrected chi connectivity index (χ2v) is 4.58. The molecule has 0 aliphatic carbocycles. The summed E-state index contributed by atoms with van der Waals surface area (Å²) in [6, 6.07) is 3.61. The molecule has 0 saturated carbocycles. The largest absolute Gasteiger partial charge is 0.465 e. The van der Waals surface area contributed by atoms with Crippen molar-refractivity contribution in [2.45, 2.75) is 6.54 Å². The van der Waals surface area contributed by atoms with Crippen molar-refractivity contribution in [3.8, 4) is 0 Å². The maximum absolute atomic E-state index is 11.8. The zero-order valence-corrected chi connectivity index (χ0v) is 10.3. The van der Waals surface area contributed by atoms with E-state index in [0.29, 0.717) is 11.7 Å². The molecule has 2 aromatic heterocycles. The molecule has 2 aromatic rings. The van der Waals surface area contributed by atoms with E-state index in [2.05, 4.69) is 10.1 Å². The molecule has 3 heterocycles. The number of furan rings is 1. The van der Waals surface area contributed by atoms with Crippen LogP contribution in [0.1, 0.15) is 5.76 Å². The Kier molecular flexibility index (Phi) is 3.14. The number of nitrogens with zero attached hydrogens (tertiary/aromatic N) is 4. The highest BCUT2D eigenvalue weighted by molar-refractivity contribution is 5.91. The van der Waals surface area contributed by atoms with Crippen LogP contribution in [0.2, 0.25) is 0 Å². The third-order valence-electron chi connectivity index (χ3n) is 3.11. The number of aromatic nitrogens is 3. The van der Waals surface area contributed by atoms with Crippen molar-refractivity contribution in [1.29, 1.82) is 0 Å². The van der Waals surface area contributed by atoms with Gasteiger partial charge in [-0.3, -0.25) is 9.48 Å². The predicted octanol–water partition coefficient (Wildman–Crippen LogP) is 1.04. The van der Waals surface area contributed by atoms with Crippen LogP contribution in [0.15, 0.2) is 41.5 Å². The molecule has 6 heteroatoms. The van der Waals surface area contributed by atoms with Crippen molar-refractivity contribution in [2.24, 2.45) is 5.92 Å². The molecule has 0 unspecified atom stereocenters. The van der Waals surface area contributed by atoms with E-state index in [9.17, 15) is 4.79 Å². The van der Waals surface area contributed by atoms with Gasteiger partial charge in [0.15, 0.2) is 0 Å². The summed E-state index contributed by atoms with van der Waals surface area (Å²) in [7, 11) is 0. The fourth-order valence-electron chi connectivity index (χ4n) is 2.10. The smallest absolute Gasteiger partial charge is 0.246 e. The summed E-state index contributed by atoms with van der Waals surface area (Å²) in [5, 5.41) is 4.05. The first-order chi connectivity index (χ1) is 9.31. The Labute approximate surface area is 110 Å². The minimum atomic E-state index is 0.0197. The molecule has 0 N–H and O–H groups in total. The summed E-state index contributed by atoms with van der Waals surface area (Å²) in [5.74, 6) is 1.17. The number of amides is 1. The lowest BCUT2D eigenvalue weighted by molar-refractivity contribution is -0.132. The summed E-state index contributed by atoms with van der Waals surface area (Å²) in [4.78, 5) is 17.5. The second-order valence-electron chi connectivity index (χ2n) is 4.58. The van der Waals surface area contributed by atoms with E-state index in [4.69, 9.17) is 4.42 Å². The number of carbonyl (C=O) groups excluding carboxylic acids is 1. The van der Waals surface area contributed by atoms with Crippen molar-refractivity contribution in [1.82, 2.24) is 19.7 Å². The molecule has 0 radical (unpaired) electrons. The second kappa shape index (κ2) is 5.09. The Morgan fingerprint density at radius 3 is 3.11 bits per heavy atom. The number of likely N-dealkylation sites (tertiary alicyclic amines) is 1. The van der Waals surface area contributed by atoms with Gasteiger partial charge in [0.2, 0.25) is 5.91 Å². The van der Waals surface area contributed by atoms with E-state index in [1.165, 1.54) is 6.33 Å². The summed E-state index contributed by atoms with van der Waals surface area (Å²) >= 11 is 0. The molecule has 1 saturated heterocycles. The Bertz CT molecular complexity index is 553. The minimum Gasteiger partial charge on any atom is -0.465 e. The van der Waals surface area contributed by atoms with E-state index in [1.54, 1.807) is 40.4 Å². The first kappa shape index (κ1) is 11.7. The van der Waals surface area contributed by atoms with E-state index < -0.39 is 0 Å². The lowest BCUT2D eigenvalue weighted by Gasteiger charge is -2.38. The molecule has 0 atom stereocenters. The van der Waals surface area contributed by atoms with Crippen molar-refractivity contribution in [3.05, 3.63) is 42.9 Å². The maximum Gasteiger partial charge on any atom is 0.246 e. The van der Waals surface area contributed by atoms with Gasteiger partial charge in [-0.1, -0.05) is 0 Å². The SMILES string of the molecule is O=C(/C=C/c1ccco1)N1CC(Cn2cncn2)C1. The molecule has 1 aliphatic heterocycles. The summed E-state index contributed by atoms with van der Waals surface area (Å²) < 4.78 is 6.93. The third kappa shape index (κ3) is 2.73. The number of carbonyl (C=O) groups is 1. The van der Waals surface area contributed by atoms with Crippen molar-refractivity contribution >= 4 is 12.0 Å². The van der Waals surface area contributed by atoms with Gasteiger partial charge >= 0.3 is 0 Å². The molecule has 1 aliphatic rings. The van der Waals surface area contributed by atoms with Crippen LogP contribution in [0.25, 0.3) is 6.08 Å². The van der Waals surface area contributed by atoms with Crippen LogP contribution in [0.5, 0.6) is 0 Å². The van der Waals surface area contributed by atoms with Gasteiger partial charge in [-0.2, -0.15) is 5.10 Å². The van der Waals surface area contributed by atoms with Gasteiger partial charge in [-0.05, 0) is 18.2 Å². The first-order valence-corrected chi connectivity index (χ1v) is 6.14. The van der Waals surface area contributed by atoms with Crippen LogP contribution in [0, 0.1) is 5.92 Å². The Balaban J connectivity index is 1.46. The molecule has 0 spiro atoms. The summed E-state index contributed by atoms with van der Waals surface area (Å²) in [6.07, 6.45) is 8.04. The van der Waals surface area contributed by atoms with E-state index in [0.717, 1.165) is 19.6 Å². The van der Waals surface area contributed by atoms with Gasteiger partial charge in [0.25, 0.3) is 0 Å². The Hall–Kier alpha value is -2.37. The molecule has 0 bridgehead atoms. The van der Waals surface area contributed by atoms with Crippen LogP contribution >= 0.6 is 0 Å². The molecule has 3 rings (SSSR count). The third-order valence-corrected chi connectivity index (χ3v) is 3.11. The van der Waals surface area contributed by atoms with Crippen LogP contribution in [0.4, 0.5) is 0 Å². The summed E-state index contributed by atoms with van der Waals surface area (Å²) in [5.41, 5.74) is 0. The number of rotatable bonds is 4. The molecule has 1 fully saturated rings.